The van der Waals surface area contributed by atoms with Crippen LogP contribution in [0.5, 0.6) is 23.5 Å². The van der Waals surface area contributed by atoms with Gasteiger partial charge >= 0.3 is 12.0 Å². The summed E-state index contributed by atoms with van der Waals surface area (Å²) in [6.07, 6.45) is 1.43. The SMILES string of the molecule is COC(=O)[C@@H](NC(=O)c1ncccc1Oc1nc(OC)cc(OC)n1)C(C)C. The number of esters is 1. The first-order valence-corrected chi connectivity index (χ1v) is 8.38. The third kappa shape index (κ3) is 5.06. The van der Waals surface area contributed by atoms with Crippen molar-refractivity contribution in [3.05, 3.63) is 30.1 Å². The molecule has 1 N–H and O–H groups in total. The molecule has 1 atom stereocenters. The average Bonchev–Trinajstić information content (AvgIpc) is 2.71. The van der Waals surface area contributed by atoms with E-state index in [2.05, 4.69) is 20.3 Å². The van der Waals surface area contributed by atoms with Gasteiger partial charge in [-0.05, 0) is 18.1 Å². The fourth-order valence-corrected chi connectivity index (χ4v) is 2.21. The molecule has 0 radical (unpaired) electrons. The first-order valence-electron chi connectivity index (χ1n) is 8.38. The number of amides is 1. The second kappa shape index (κ2) is 9.49. The Morgan fingerprint density at radius 1 is 1.07 bits per heavy atom. The molecule has 0 spiro atoms. The molecule has 0 aliphatic carbocycles. The van der Waals surface area contributed by atoms with Crippen LogP contribution in [0.1, 0.15) is 24.3 Å². The van der Waals surface area contributed by atoms with E-state index in [0.29, 0.717) is 0 Å². The summed E-state index contributed by atoms with van der Waals surface area (Å²) in [7, 11) is 4.13. The highest BCUT2D eigenvalue weighted by molar-refractivity contribution is 5.97. The summed E-state index contributed by atoms with van der Waals surface area (Å²) in [5, 5.41) is 2.61. The lowest BCUT2D eigenvalue weighted by atomic mass is 10.0. The fraction of sp³-hybridized carbons (Fsp3) is 0.389. The van der Waals surface area contributed by atoms with E-state index in [1.54, 1.807) is 19.9 Å². The van der Waals surface area contributed by atoms with Crippen LogP contribution < -0.4 is 19.5 Å². The number of hydrogen-bond acceptors (Lipinski definition) is 9. The topological polar surface area (TPSA) is 122 Å². The zero-order valence-corrected chi connectivity index (χ0v) is 16.3. The molecule has 0 saturated carbocycles. The van der Waals surface area contributed by atoms with Crippen molar-refractivity contribution in [3.8, 4) is 23.5 Å². The van der Waals surface area contributed by atoms with Crippen LogP contribution in [0.4, 0.5) is 0 Å². The molecular formula is C18H22N4O6. The number of nitrogens with one attached hydrogen (secondary N) is 1. The summed E-state index contributed by atoms with van der Waals surface area (Å²) in [5.74, 6) is -0.792. The molecular weight excluding hydrogens is 368 g/mol. The molecule has 1 amide bonds. The maximum Gasteiger partial charge on any atom is 0.328 e. The summed E-state index contributed by atoms with van der Waals surface area (Å²) >= 11 is 0. The normalized spacial score (nSPS) is 11.5. The van der Waals surface area contributed by atoms with Crippen LogP contribution in [0.3, 0.4) is 0 Å². The predicted octanol–water partition coefficient (Wildman–Crippen LogP) is 1.61. The summed E-state index contributed by atoms with van der Waals surface area (Å²) in [5.41, 5.74) is -0.0394. The number of carbonyl (C=O) groups is 2. The zero-order valence-electron chi connectivity index (χ0n) is 16.3. The minimum Gasteiger partial charge on any atom is -0.481 e. The number of hydrogen-bond donors (Lipinski definition) is 1. The Morgan fingerprint density at radius 3 is 2.25 bits per heavy atom. The Balaban J connectivity index is 2.30. The lowest BCUT2D eigenvalue weighted by Crippen LogP contribution is -2.45. The molecule has 0 saturated heterocycles. The van der Waals surface area contributed by atoms with Crippen LogP contribution in [0, 0.1) is 5.92 Å². The lowest BCUT2D eigenvalue weighted by Gasteiger charge is -2.20. The monoisotopic (exact) mass is 390 g/mol. The minimum absolute atomic E-state index is 0.0394. The Kier molecular flexibility index (Phi) is 7.08. The molecule has 0 aliphatic heterocycles. The third-order valence-corrected chi connectivity index (χ3v) is 3.67. The van der Waals surface area contributed by atoms with Crippen molar-refractivity contribution in [2.45, 2.75) is 19.9 Å². The molecule has 2 aromatic rings. The highest BCUT2D eigenvalue weighted by Crippen LogP contribution is 2.25. The Bertz CT molecular complexity index is 820. The van der Waals surface area contributed by atoms with Gasteiger partial charge in [0, 0.05) is 6.20 Å². The van der Waals surface area contributed by atoms with Gasteiger partial charge in [0.2, 0.25) is 11.8 Å². The van der Waals surface area contributed by atoms with Crippen molar-refractivity contribution in [1.82, 2.24) is 20.3 Å². The highest BCUT2D eigenvalue weighted by Gasteiger charge is 2.27. The molecule has 0 fully saturated rings. The van der Waals surface area contributed by atoms with Gasteiger partial charge in [-0.15, -0.1) is 0 Å². The molecule has 10 nitrogen and oxygen atoms in total. The van der Waals surface area contributed by atoms with Gasteiger partial charge in [-0.1, -0.05) is 13.8 Å². The Labute approximate surface area is 162 Å². The summed E-state index contributed by atoms with van der Waals surface area (Å²) in [6.45, 7) is 3.57. The fourth-order valence-electron chi connectivity index (χ4n) is 2.21. The number of pyridine rings is 1. The standard InChI is InChI=1S/C18H22N4O6/c1-10(2)14(17(24)27-5)22-16(23)15-11(7-6-8-19-15)28-18-20-12(25-3)9-13(21-18)26-4/h6-10,14H,1-5H3,(H,22,23)/t14-/m0/s1. The third-order valence-electron chi connectivity index (χ3n) is 3.67. The van der Waals surface area contributed by atoms with Gasteiger partial charge in [0.1, 0.15) is 6.04 Å². The number of methoxy groups -OCH3 is 3. The number of rotatable bonds is 8. The number of ether oxygens (including phenoxy) is 4. The van der Waals surface area contributed by atoms with E-state index in [4.69, 9.17) is 18.9 Å². The average molecular weight is 390 g/mol. The first kappa shape index (κ1) is 20.9. The van der Waals surface area contributed by atoms with E-state index in [9.17, 15) is 9.59 Å². The van der Waals surface area contributed by atoms with E-state index in [1.807, 2.05) is 0 Å². The van der Waals surface area contributed by atoms with E-state index in [-0.39, 0.29) is 35.1 Å². The van der Waals surface area contributed by atoms with Crippen LogP contribution in [0.25, 0.3) is 0 Å². The van der Waals surface area contributed by atoms with Crippen LogP contribution >= 0.6 is 0 Å². The van der Waals surface area contributed by atoms with Gasteiger partial charge in [0.15, 0.2) is 11.4 Å². The molecule has 10 heteroatoms. The Morgan fingerprint density at radius 2 is 1.71 bits per heavy atom. The van der Waals surface area contributed by atoms with Gasteiger partial charge in [0.05, 0.1) is 27.4 Å². The quantitative estimate of drug-likeness (QED) is 0.670. The van der Waals surface area contributed by atoms with Gasteiger partial charge in [-0.25, -0.2) is 9.78 Å². The van der Waals surface area contributed by atoms with E-state index in [1.165, 1.54) is 39.7 Å². The van der Waals surface area contributed by atoms with E-state index < -0.39 is 17.9 Å². The zero-order chi connectivity index (χ0) is 20.7. The van der Waals surface area contributed by atoms with E-state index in [0.717, 1.165) is 0 Å². The van der Waals surface area contributed by atoms with Gasteiger partial charge in [-0.2, -0.15) is 9.97 Å². The molecule has 0 aliphatic rings. The largest absolute Gasteiger partial charge is 0.481 e. The van der Waals surface area contributed by atoms with Gasteiger partial charge in [0.25, 0.3) is 5.91 Å². The molecule has 0 bridgehead atoms. The summed E-state index contributed by atoms with van der Waals surface area (Å²) < 4.78 is 20.5. The lowest BCUT2D eigenvalue weighted by molar-refractivity contribution is -0.144. The molecule has 0 aromatic carbocycles. The first-order chi connectivity index (χ1) is 13.4. The van der Waals surface area contributed by atoms with Crippen LogP contribution in [0.2, 0.25) is 0 Å². The summed E-state index contributed by atoms with van der Waals surface area (Å²) in [6, 6.07) is 3.67. The molecule has 150 valence electrons. The van der Waals surface area contributed by atoms with Crippen molar-refractivity contribution in [1.29, 1.82) is 0 Å². The second-order valence-electron chi connectivity index (χ2n) is 5.91. The van der Waals surface area contributed by atoms with Crippen LogP contribution in [0.15, 0.2) is 24.4 Å². The number of nitrogens with zero attached hydrogens (tertiary/aromatic N) is 3. The van der Waals surface area contributed by atoms with Crippen molar-refractivity contribution in [3.63, 3.8) is 0 Å². The second-order valence-corrected chi connectivity index (χ2v) is 5.91. The van der Waals surface area contributed by atoms with E-state index >= 15 is 0 Å². The van der Waals surface area contributed by atoms with Crippen molar-refractivity contribution in [2.24, 2.45) is 5.92 Å². The molecule has 2 rings (SSSR count). The smallest absolute Gasteiger partial charge is 0.328 e. The Hall–Kier alpha value is -3.43. The predicted molar refractivity (Wildman–Crippen MR) is 97.6 cm³/mol. The molecule has 2 aromatic heterocycles. The van der Waals surface area contributed by atoms with Crippen molar-refractivity contribution >= 4 is 11.9 Å². The van der Waals surface area contributed by atoms with Crippen LogP contribution in [-0.2, 0) is 9.53 Å². The number of carbonyl (C=O) groups excluding carboxylic acids is 2. The number of aromatic nitrogens is 3. The molecule has 0 unspecified atom stereocenters. The minimum atomic E-state index is -0.833. The van der Waals surface area contributed by atoms with Crippen LogP contribution in [-0.4, -0.2) is 54.2 Å². The maximum atomic E-state index is 12.7. The van der Waals surface area contributed by atoms with Crippen molar-refractivity contribution < 1.29 is 28.5 Å². The summed E-state index contributed by atoms with van der Waals surface area (Å²) in [4.78, 5) is 36.8. The van der Waals surface area contributed by atoms with Crippen molar-refractivity contribution in [2.75, 3.05) is 21.3 Å². The van der Waals surface area contributed by atoms with Gasteiger partial charge < -0.3 is 24.3 Å². The molecule has 28 heavy (non-hydrogen) atoms. The molecule has 2 heterocycles. The highest BCUT2D eigenvalue weighted by atomic mass is 16.5. The van der Waals surface area contributed by atoms with Gasteiger partial charge in [-0.3, -0.25) is 4.79 Å². The maximum absolute atomic E-state index is 12.7.